The Labute approximate surface area is 107 Å². The van der Waals surface area contributed by atoms with Crippen LogP contribution in [0, 0.1) is 0 Å². The molecule has 18 heavy (non-hydrogen) atoms. The zero-order valence-electron chi connectivity index (χ0n) is 10.6. The first-order valence-corrected chi connectivity index (χ1v) is 6.54. The van der Waals surface area contributed by atoms with Crippen LogP contribution in [0.4, 0.5) is 0 Å². The predicted molar refractivity (Wildman–Crippen MR) is 73.9 cm³/mol. The molecule has 1 aliphatic carbocycles. The average Bonchev–Trinajstić information content (AvgIpc) is 2.81. The Balaban J connectivity index is 2.09. The lowest BCUT2D eigenvalue weighted by atomic mass is 9.96. The Kier molecular flexibility index (Phi) is 2.75. The van der Waals surface area contributed by atoms with Crippen molar-refractivity contribution >= 4 is 5.78 Å². The lowest BCUT2D eigenvalue weighted by molar-refractivity contribution is 0.0994. The molecule has 2 aromatic rings. The monoisotopic (exact) mass is 236 g/mol. The fraction of sp³-hybridized carbons (Fsp3) is 0.235. The van der Waals surface area contributed by atoms with Crippen LogP contribution in [0.3, 0.4) is 0 Å². The summed E-state index contributed by atoms with van der Waals surface area (Å²) in [6.07, 6.45) is 2.62. The molecule has 0 aromatic heterocycles. The van der Waals surface area contributed by atoms with Crippen LogP contribution in [-0.2, 0) is 12.8 Å². The van der Waals surface area contributed by atoms with Crippen molar-refractivity contribution in [3.05, 3.63) is 59.2 Å². The number of benzene rings is 2. The van der Waals surface area contributed by atoms with Gasteiger partial charge in [0.25, 0.3) is 0 Å². The number of carbonyl (C=O) groups excluding carboxylic acids is 1. The van der Waals surface area contributed by atoms with Gasteiger partial charge in [0.05, 0.1) is 0 Å². The van der Waals surface area contributed by atoms with Crippen LogP contribution in [0.5, 0.6) is 0 Å². The van der Waals surface area contributed by atoms with Crippen molar-refractivity contribution in [1.29, 1.82) is 0 Å². The molecule has 0 aliphatic heterocycles. The summed E-state index contributed by atoms with van der Waals surface area (Å²) in [4.78, 5) is 11.7. The van der Waals surface area contributed by atoms with E-state index in [-0.39, 0.29) is 5.78 Å². The number of fused-ring (bicyclic) bond motifs is 1. The molecule has 0 atom stereocenters. The van der Waals surface area contributed by atoms with E-state index in [0.717, 1.165) is 18.4 Å². The predicted octanol–water partition coefficient (Wildman–Crippen LogP) is 4.04. The van der Waals surface area contributed by atoms with Gasteiger partial charge in [0.15, 0.2) is 5.78 Å². The maximum atomic E-state index is 11.7. The number of aryl methyl sites for hydroxylation is 1. The maximum Gasteiger partial charge on any atom is 0.163 e. The number of carbonyl (C=O) groups is 1. The third kappa shape index (κ3) is 1.76. The van der Waals surface area contributed by atoms with Crippen LogP contribution in [0.15, 0.2) is 42.5 Å². The normalized spacial score (nSPS) is 13.7. The molecule has 0 N–H and O–H groups in total. The first-order chi connectivity index (χ1) is 8.79. The van der Waals surface area contributed by atoms with E-state index in [4.69, 9.17) is 0 Å². The van der Waals surface area contributed by atoms with Crippen molar-refractivity contribution in [1.82, 2.24) is 0 Å². The highest BCUT2D eigenvalue weighted by Crippen LogP contribution is 2.32. The summed E-state index contributed by atoms with van der Waals surface area (Å²) in [6.45, 7) is 2.16. The molecule has 0 bridgehead atoms. The van der Waals surface area contributed by atoms with Crippen LogP contribution in [-0.4, -0.2) is 5.78 Å². The minimum atomic E-state index is 0.289. The summed E-state index contributed by atoms with van der Waals surface area (Å²) in [5.41, 5.74) is 5.95. The number of rotatable bonds is 2. The zero-order valence-corrected chi connectivity index (χ0v) is 10.6. The molecule has 2 aromatic carbocycles. The smallest absolute Gasteiger partial charge is 0.163 e. The van der Waals surface area contributed by atoms with Crippen molar-refractivity contribution in [2.24, 2.45) is 0 Å². The van der Waals surface area contributed by atoms with Crippen LogP contribution >= 0.6 is 0 Å². The molecular formula is C17H16O. The molecular weight excluding hydrogens is 220 g/mol. The highest BCUT2D eigenvalue weighted by Gasteiger charge is 2.21. The number of hydrogen-bond acceptors (Lipinski definition) is 1. The molecule has 0 spiro atoms. The second-order valence-electron chi connectivity index (χ2n) is 4.81. The van der Waals surface area contributed by atoms with Crippen molar-refractivity contribution in [3.8, 4) is 11.1 Å². The summed E-state index contributed by atoms with van der Waals surface area (Å²) in [6, 6.07) is 14.7. The SMILES string of the molecule is CCc1ccc(-c2cccc3c2CCC3=O)cc1. The number of Topliss-reactive ketones (excluding diaryl/α,β-unsaturated/α-hetero) is 1. The summed E-state index contributed by atoms with van der Waals surface area (Å²) >= 11 is 0. The van der Waals surface area contributed by atoms with Gasteiger partial charge in [0.1, 0.15) is 0 Å². The van der Waals surface area contributed by atoms with Gasteiger partial charge in [-0.3, -0.25) is 4.79 Å². The molecule has 0 fully saturated rings. The lowest BCUT2D eigenvalue weighted by Gasteiger charge is -2.08. The van der Waals surface area contributed by atoms with Gasteiger partial charge in [-0.05, 0) is 35.1 Å². The van der Waals surface area contributed by atoms with E-state index in [1.807, 2.05) is 12.1 Å². The van der Waals surface area contributed by atoms with E-state index in [1.54, 1.807) is 0 Å². The minimum absolute atomic E-state index is 0.289. The quantitative estimate of drug-likeness (QED) is 0.769. The Morgan fingerprint density at radius 2 is 1.67 bits per heavy atom. The Bertz CT molecular complexity index is 594. The van der Waals surface area contributed by atoms with Gasteiger partial charge in [-0.2, -0.15) is 0 Å². The second-order valence-corrected chi connectivity index (χ2v) is 4.81. The Morgan fingerprint density at radius 1 is 0.944 bits per heavy atom. The lowest BCUT2D eigenvalue weighted by Crippen LogP contribution is -1.92. The Hall–Kier alpha value is -1.89. The molecule has 3 rings (SSSR count). The van der Waals surface area contributed by atoms with Gasteiger partial charge in [-0.1, -0.05) is 49.4 Å². The summed E-state index contributed by atoms with van der Waals surface area (Å²) in [7, 11) is 0. The largest absolute Gasteiger partial charge is 0.294 e. The molecule has 0 unspecified atom stereocenters. The van der Waals surface area contributed by atoms with E-state index in [2.05, 4.69) is 37.3 Å². The number of hydrogen-bond donors (Lipinski definition) is 0. The summed E-state index contributed by atoms with van der Waals surface area (Å²) < 4.78 is 0. The van der Waals surface area contributed by atoms with E-state index in [9.17, 15) is 4.79 Å². The fourth-order valence-corrected chi connectivity index (χ4v) is 2.68. The van der Waals surface area contributed by atoms with Gasteiger partial charge in [-0.25, -0.2) is 0 Å². The first kappa shape index (κ1) is 11.2. The van der Waals surface area contributed by atoms with E-state index >= 15 is 0 Å². The molecule has 0 heterocycles. The van der Waals surface area contributed by atoms with Gasteiger partial charge in [0, 0.05) is 12.0 Å². The average molecular weight is 236 g/mol. The van der Waals surface area contributed by atoms with Crippen LogP contribution in [0.2, 0.25) is 0 Å². The van der Waals surface area contributed by atoms with E-state index in [1.165, 1.54) is 22.3 Å². The summed E-state index contributed by atoms with van der Waals surface area (Å²) in [5, 5.41) is 0. The van der Waals surface area contributed by atoms with Crippen LogP contribution < -0.4 is 0 Å². The molecule has 90 valence electrons. The number of ketones is 1. The molecule has 1 nitrogen and oxygen atoms in total. The van der Waals surface area contributed by atoms with Crippen molar-refractivity contribution in [2.45, 2.75) is 26.2 Å². The van der Waals surface area contributed by atoms with Crippen molar-refractivity contribution < 1.29 is 4.79 Å². The molecule has 0 saturated carbocycles. The third-order valence-electron chi connectivity index (χ3n) is 3.75. The van der Waals surface area contributed by atoms with Gasteiger partial charge < -0.3 is 0 Å². The molecule has 1 heteroatoms. The fourth-order valence-electron chi connectivity index (χ4n) is 2.68. The molecule has 0 saturated heterocycles. The Morgan fingerprint density at radius 3 is 2.39 bits per heavy atom. The van der Waals surface area contributed by atoms with E-state index in [0.29, 0.717) is 6.42 Å². The van der Waals surface area contributed by atoms with Crippen molar-refractivity contribution in [3.63, 3.8) is 0 Å². The van der Waals surface area contributed by atoms with Gasteiger partial charge in [-0.15, -0.1) is 0 Å². The molecule has 1 aliphatic rings. The maximum absolute atomic E-state index is 11.7. The van der Waals surface area contributed by atoms with Crippen molar-refractivity contribution in [2.75, 3.05) is 0 Å². The van der Waals surface area contributed by atoms with Gasteiger partial charge >= 0.3 is 0 Å². The second kappa shape index (κ2) is 4.41. The van der Waals surface area contributed by atoms with E-state index < -0.39 is 0 Å². The highest BCUT2D eigenvalue weighted by molar-refractivity contribution is 6.02. The molecule has 0 amide bonds. The topological polar surface area (TPSA) is 17.1 Å². The first-order valence-electron chi connectivity index (χ1n) is 6.54. The van der Waals surface area contributed by atoms with Crippen LogP contribution in [0.25, 0.3) is 11.1 Å². The third-order valence-corrected chi connectivity index (χ3v) is 3.75. The van der Waals surface area contributed by atoms with Gasteiger partial charge in [0.2, 0.25) is 0 Å². The highest BCUT2D eigenvalue weighted by atomic mass is 16.1. The zero-order chi connectivity index (χ0) is 12.5. The minimum Gasteiger partial charge on any atom is -0.294 e. The molecule has 0 radical (unpaired) electrons. The van der Waals surface area contributed by atoms with Crippen LogP contribution in [0.1, 0.15) is 34.8 Å². The summed E-state index contributed by atoms with van der Waals surface area (Å²) in [5.74, 6) is 0.289. The standard InChI is InChI=1S/C17H16O/c1-2-12-6-8-13(9-7-12)14-4-3-5-16-15(14)10-11-17(16)18/h3-9H,2,10-11H2,1H3.